The van der Waals surface area contributed by atoms with Gasteiger partial charge in [-0.1, -0.05) is 17.7 Å². The highest BCUT2D eigenvalue weighted by Crippen LogP contribution is 2.25. The molecular weight excluding hydrogens is 454 g/mol. The summed E-state index contributed by atoms with van der Waals surface area (Å²) < 4.78 is 29.9. The van der Waals surface area contributed by atoms with E-state index in [4.69, 9.17) is 21.5 Å². The molecule has 1 aromatic heterocycles. The van der Waals surface area contributed by atoms with Gasteiger partial charge < -0.3 is 9.72 Å². The maximum atomic E-state index is 13.1. The van der Waals surface area contributed by atoms with Crippen molar-refractivity contribution in [2.75, 3.05) is 0 Å². The van der Waals surface area contributed by atoms with Gasteiger partial charge in [-0.25, -0.2) is 18.4 Å². The Morgan fingerprint density at radius 1 is 1.00 bits per heavy atom. The van der Waals surface area contributed by atoms with Gasteiger partial charge in [-0.15, -0.1) is 0 Å². The first-order valence-corrected chi connectivity index (χ1v) is 11.4. The van der Waals surface area contributed by atoms with Crippen LogP contribution in [0.5, 0.6) is 11.5 Å². The highest BCUT2D eigenvalue weighted by molar-refractivity contribution is 7.89. The summed E-state index contributed by atoms with van der Waals surface area (Å²) in [7, 11) is -3.85. The van der Waals surface area contributed by atoms with Crippen LogP contribution in [0.4, 0.5) is 0 Å². The van der Waals surface area contributed by atoms with Crippen LogP contribution in [-0.2, 0) is 16.6 Å². The molecule has 8 nitrogen and oxygen atoms in total. The van der Waals surface area contributed by atoms with Crippen LogP contribution in [0.15, 0.2) is 75.1 Å². The second-order valence-electron chi connectivity index (χ2n) is 7.22. The number of aromatic amines is 1. The summed E-state index contributed by atoms with van der Waals surface area (Å²) in [4.78, 5) is 28.3. The summed E-state index contributed by atoms with van der Waals surface area (Å²) in [6, 6.07) is 15.8. The number of hydrogen-bond acceptors (Lipinski definition) is 5. The highest BCUT2D eigenvalue weighted by atomic mass is 35.5. The predicted molar refractivity (Wildman–Crippen MR) is 122 cm³/mol. The van der Waals surface area contributed by atoms with Gasteiger partial charge in [0.25, 0.3) is 5.56 Å². The van der Waals surface area contributed by atoms with Crippen molar-refractivity contribution in [2.24, 2.45) is 5.14 Å². The van der Waals surface area contributed by atoms with Crippen LogP contribution in [0.2, 0.25) is 5.02 Å². The van der Waals surface area contributed by atoms with E-state index >= 15 is 0 Å². The number of hydrogen-bond donors (Lipinski definition) is 2. The number of rotatable bonds is 5. The van der Waals surface area contributed by atoms with E-state index in [1.807, 2.05) is 0 Å². The van der Waals surface area contributed by atoms with Gasteiger partial charge in [0, 0.05) is 5.02 Å². The molecule has 4 rings (SSSR count). The van der Waals surface area contributed by atoms with E-state index in [-0.39, 0.29) is 16.8 Å². The molecule has 0 saturated heterocycles. The van der Waals surface area contributed by atoms with Crippen LogP contribution in [0.25, 0.3) is 10.9 Å². The maximum Gasteiger partial charge on any atom is 0.329 e. The third-order valence-electron chi connectivity index (χ3n) is 4.97. The molecule has 0 amide bonds. The standard InChI is InChI=1S/C22H18ClN3O5S/c1-13-10-18(32(24,29)30)8-2-14(13)12-26-21(27)19-11-17(7-9-20(19)25-22(26)28)31-16-5-3-15(23)4-6-16/h2-11H,12H2,1H3,(H,25,28)(H2,24,29,30). The molecule has 3 aromatic carbocycles. The molecule has 0 radical (unpaired) electrons. The first-order valence-electron chi connectivity index (χ1n) is 9.44. The average Bonchev–Trinajstić information content (AvgIpc) is 2.73. The molecule has 0 aliphatic rings. The number of ether oxygens (including phenoxy) is 1. The number of primary sulfonamides is 1. The van der Waals surface area contributed by atoms with E-state index in [9.17, 15) is 18.0 Å². The third kappa shape index (κ3) is 4.45. The Balaban J connectivity index is 1.73. The zero-order valence-electron chi connectivity index (χ0n) is 16.8. The van der Waals surface area contributed by atoms with Crippen molar-refractivity contribution in [1.29, 1.82) is 0 Å². The van der Waals surface area contributed by atoms with Gasteiger partial charge >= 0.3 is 5.69 Å². The molecular formula is C22H18ClN3O5S. The fourth-order valence-electron chi connectivity index (χ4n) is 3.27. The summed E-state index contributed by atoms with van der Waals surface area (Å²) in [6.45, 7) is 1.64. The minimum atomic E-state index is -3.85. The molecule has 164 valence electrons. The minimum Gasteiger partial charge on any atom is -0.457 e. The molecule has 0 unspecified atom stereocenters. The number of benzene rings is 3. The van der Waals surface area contributed by atoms with Crippen LogP contribution in [0.3, 0.4) is 0 Å². The molecule has 0 bridgehead atoms. The first-order chi connectivity index (χ1) is 15.1. The van der Waals surface area contributed by atoms with Crippen LogP contribution in [0, 0.1) is 6.92 Å². The smallest absolute Gasteiger partial charge is 0.329 e. The van der Waals surface area contributed by atoms with Gasteiger partial charge in [-0.05, 0) is 72.6 Å². The Morgan fingerprint density at radius 3 is 2.34 bits per heavy atom. The van der Waals surface area contributed by atoms with E-state index in [0.29, 0.717) is 33.2 Å². The van der Waals surface area contributed by atoms with Crippen molar-refractivity contribution in [1.82, 2.24) is 9.55 Å². The number of nitrogens with zero attached hydrogens (tertiary/aromatic N) is 1. The minimum absolute atomic E-state index is 0.0386. The molecule has 0 saturated carbocycles. The molecule has 0 aliphatic heterocycles. The molecule has 0 fully saturated rings. The summed E-state index contributed by atoms with van der Waals surface area (Å²) in [5.74, 6) is 0.966. The number of fused-ring (bicyclic) bond motifs is 1. The number of nitrogens with one attached hydrogen (secondary N) is 1. The highest BCUT2D eigenvalue weighted by Gasteiger charge is 2.13. The number of halogens is 1. The van der Waals surface area contributed by atoms with Gasteiger partial charge in [0.2, 0.25) is 10.0 Å². The van der Waals surface area contributed by atoms with Gasteiger partial charge in [-0.2, -0.15) is 0 Å². The second kappa shape index (κ2) is 8.27. The second-order valence-corrected chi connectivity index (χ2v) is 9.22. The predicted octanol–water partition coefficient (Wildman–Crippen LogP) is 3.14. The topological polar surface area (TPSA) is 124 Å². The van der Waals surface area contributed by atoms with E-state index in [2.05, 4.69) is 4.98 Å². The number of sulfonamides is 1. The van der Waals surface area contributed by atoms with Crippen molar-refractivity contribution in [3.63, 3.8) is 0 Å². The van der Waals surface area contributed by atoms with E-state index in [0.717, 1.165) is 4.57 Å². The van der Waals surface area contributed by atoms with E-state index < -0.39 is 21.3 Å². The Kier molecular flexibility index (Phi) is 5.64. The molecule has 0 atom stereocenters. The Labute approximate surface area is 187 Å². The Morgan fingerprint density at radius 2 is 1.69 bits per heavy atom. The summed E-state index contributed by atoms with van der Waals surface area (Å²) >= 11 is 5.88. The summed E-state index contributed by atoms with van der Waals surface area (Å²) in [5.41, 5.74) is 0.491. The van der Waals surface area contributed by atoms with Crippen molar-refractivity contribution in [3.8, 4) is 11.5 Å². The lowest BCUT2D eigenvalue weighted by Crippen LogP contribution is -2.35. The van der Waals surface area contributed by atoms with Gasteiger partial charge in [0.05, 0.1) is 22.3 Å². The average molecular weight is 472 g/mol. The molecule has 10 heteroatoms. The number of nitrogens with two attached hydrogens (primary N) is 1. The number of aromatic nitrogens is 2. The van der Waals surface area contributed by atoms with Crippen LogP contribution in [0.1, 0.15) is 11.1 Å². The molecule has 4 aromatic rings. The summed E-state index contributed by atoms with van der Waals surface area (Å²) in [5, 5.41) is 6.00. The van der Waals surface area contributed by atoms with Gasteiger partial charge in [-0.3, -0.25) is 9.36 Å². The lowest BCUT2D eigenvalue weighted by Gasteiger charge is -2.11. The molecule has 0 spiro atoms. The lowest BCUT2D eigenvalue weighted by molar-refractivity contribution is 0.483. The monoisotopic (exact) mass is 471 g/mol. The van der Waals surface area contributed by atoms with Crippen molar-refractivity contribution >= 4 is 32.5 Å². The Bertz CT molecular complexity index is 1560. The molecule has 3 N–H and O–H groups in total. The molecule has 1 heterocycles. The number of aryl methyl sites for hydroxylation is 1. The normalized spacial score (nSPS) is 11.6. The van der Waals surface area contributed by atoms with Crippen molar-refractivity contribution in [2.45, 2.75) is 18.4 Å². The third-order valence-corrected chi connectivity index (χ3v) is 6.14. The van der Waals surface area contributed by atoms with Gasteiger partial charge in [0.15, 0.2) is 0 Å². The first kappa shape index (κ1) is 21.8. The lowest BCUT2D eigenvalue weighted by atomic mass is 10.1. The quantitative estimate of drug-likeness (QED) is 0.462. The van der Waals surface area contributed by atoms with E-state index in [1.54, 1.807) is 49.4 Å². The zero-order valence-corrected chi connectivity index (χ0v) is 18.4. The SMILES string of the molecule is Cc1cc(S(N)(=O)=O)ccc1Cn1c(=O)[nH]c2ccc(Oc3ccc(Cl)cc3)cc2c1=O. The van der Waals surface area contributed by atoms with Crippen molar-refractivity contribution < 1.29 is 13.2 Å². The fraction of sp³-hybridized carbons (Fsp3) is 0.0909. The largest absolute Gasteiger partial charge is 0.457 e. The fourth-order valence-corrected chi connectivity index (χ4v) is 3.99. The zero-order chi connectivity index (χ0) is 23.0. The van der Waals surface area contributed by atoms with Crippen molar-refractivity contribution in [3.05, 3.63) is 97.7 Å². The maximum absolute atomic E-state index is 13.1. The van der Waals surface area contributed by atoms with E-state index in [1.165, 1.54) is 18.2 Å². The van der Waals surface area contributed by atoms with Crippen LogP contribution < -0.4 is 21.1 Å². The van der Waals surface area contributed by atoms with Gasteiger partial charge in [0.1, 0.15) is 11.5 Å². The Hall–Kier alpha value is -3.40. The molecule has 0 aliphatic carbocycles. The van der Waals surface area contributed by atoms with Crippen LogP contribution >= 0.6 is 11.6 Å². The number of H-pyrrole nitrogens is 1. The van der Waals surface area contributed by atoms with Crippen LogP contribution in [-0.4, -0.2) is 18.0 Å². The molecule has 32 heavy (non-hydrogen) atoms. The summed E-state index contributed by atoms with van der Waals surface area (Å²) in [6.07, 6.45) is 0.